The molecule has 2 N–H and O–H groups in total. The van der Waals surface area contributed by atoms with E-state index in [0.717, 1.165) is 48.9 Å². The standard InChI is InChI=1S/C22H25ClFN3/c23-18-12-11-15(13-19(18)24)21-16-9-7-5-3-1-2-4-6-8-10-20(16)27-22(26)17(21)14-25/h11-13H,1-10H2,(H2,26,27). The maximum absolute atomic E-state index is 14.1. The smallest absolute Gasteiger partial charge is 0.142 e. The molecular weight excluding hydrogens is 361 g/mol. The molecule has 3 rings (SSSR count). The van der Waals surface area contributed by atoms with Crippen LogP contribution in [0.2, 0.25) is 5.02 Å². The Morgan fingerprint density at radius 3 is 2.26 bits per heavy atom. The number of nitriles is 1. The Morgan fingerprint density at radius 1 is 1.00 bits per heavy atom. The van der Waals surface area contributed by atoms with Crippen LogP contribution >= 0.6 is 11.6 Å². The Kier molecular flexibility index (Phi) is 6.68. The molecule has 1 aromatic heterocycles. The third kappa shape index (κ3) is 4.59. The van der Waals surface area contributed by atoms with Crippen molar-refractivity contribution in [3.63, 3.8) is 0 Å². The molecule has 0 unspecified atom stereocenters. The first-order valence-corrected chi connectivity index (χ1v) is 10.2. The van der Waals surface area contributed by atoms with Gasteiger partial charge in [0.1, 0.15) is 23.3 Å². The van der Waals surface area contributed by atoms with Crippen LogP contribution in [0.3, 0.4) is 0 Å². The first-order valence-electron chi connectivity index (χ1n) is 9.78. The first kappa shape index (κ1) is 19.6. The largest absolute Gasteiger partial charge is 0.383 e. The van der Waals surface area contributed by atoms with Crippen LogP contribution in [-0.2, 0) is 12.8 Å². The summed E-state index contributed by atoms with van der Waals surface area (Å²) < 4.78 is 14.1. The van der Waals surface area contributed by atoms with Crippen LogP contribution in [0.15, 0.2) is 18.2 Å². The van der Waals surface area contributed by atoms with E-state index in [-0.39, 0.29) is 10.8 Å². The van der Waals surface area contributed by atoms with Gasteiger partial charge in [-0.1, -0.05) is 56.2 Å². The van der Waals surface area contributed by atoms with Gasteiger partial charge in [-0.25, -0.2) is 9.37 Å². The molecule has 5 heteroatoms. The summed E-state index contributed by atoms with van der Waals surface area (Å²) in [5.41, 5.74) is 9.83. The molecule has 0 aliphatic heterocycles. The summed E-state index contributed by atoms with van der Waals surface area (Å²) in [7, 11) is 0. The van der Waals surface area contributed by atoms with Gasteiger partial charge in [-0.15, -0.1) is 0 Å². The molecule has 0 fully saturated rings. The lowest BCUT2D eigenvalue weighted by Gasteiger charge is -2.18. The topological polar surface area (TPSA) is 62.7 Å². The number of anilines is 1. The van der Waals surface area contributed by atoms with E-state index in [2.05, 4.69) is 11.1 Å². The fourth-order valence-electron chi connectivity index (χ4n) is 3.91. The molecule has 1 heterocycles. The summed E-state index contributed by atoms with van der Waals surface area (Å²) in [4.78, 5) is 4.57. The average Bonchev–Trinajstić information content (AvgIpc) is 2.64. The van der Waals surface area contributed by atoms with Gasteiger partial charge in [-0.2, -0.15) is 5.26 Å². The van der Waals surface area contributed by atoms with Crippen LogP contribution < -0.4 is 5.73 Å². The molecule has 3 nitrogen and oxygen atoms in total. The van der Waals surface area contributed by atoms with Crippen LogP contribution in [0.4, 0.5) is 10.2 Å². The second-order valence-corrected chi connectivity index (χ2v) is 7.65. The van der Waals surface area contributed by atoms with E-state index < -0.39 is 5.82 Å². The molecule has 1 aromatic carbocycles. The summed E-state index contributed by atoms with van der Waals surface area (Å²) in [5.74, 6) is -0.260. The molecule has 0 bridgehead atoms. The third-order valence-corrected chi connectivity index (χ3v) is 5.63. The van der Waals surface area contributed by atoms with Gasteiger partial charge in [0.05, 0.1) is 5.02 Å². The van der Waals surface area contributed by atoms with E-state index in [4.69, 9.17) is 17.3 Å². The molecule has 0 amide bonds. The van der Waals surface area contributed by atoms with E-state index in [0.29, 0.717) is 11.1 Å². The molecule has 0 atom stereocenters. The summed E-state index contributed by atoms with van der Waals surface area (Å²) in [5, 5.41) is 9.78. The summed E-state index contributed by atoms with van der Waals surface area (Å²) in [6, 6.07) is 6.88. The van der Waals surface area contributed by atoms with Crippen LogP contribution in [-0.4, -0.2) is 4.98 Å². The van der Waals surface area contributed by atoms with Gasteiger partial charge in [0, 0.05) is 11.3 Å². The number of nitrogen functional groups attached to an aromatic ring is 1. The zero-order chi connectivity index (χ0) is 19.2. The Labute approximate surface area is 165 Å². The molecular formula is C22H25ClFN3. The number of benzene rings is 1. The van der Waals surface area contributed by atoms with Crippen LogP contribution in [0.1, 0.15) is 68.2 Å². The molecule has 27 heavy (non-hydrogen) atoms. The molecule has 0 saturated heterocycles. The van der Waals surface area contributed by atoms with E-state index in [1.54, 1.807) is 6.07 Å². The predicted octanol–water partition coefficient (Wildman–Crippen LogP) is 6.21. The number of aromatic nitrogens is 1. The Bertz CT molecular complexity index is 858. The zero-order valence-corrected chi connectivity index (χ0v) is 16.3. The monoisotopic (exact) mass is 385 g/mol. The van der Waals surface area contributed by atoms with Crippen molar-refractivity contribution in [2.24, 2.45) is 0 Å². The molecule has 1 aliphatic rings. The quantitative estimate of drug-likeness (QED) is 0.634. The van der Waals surface area contributed by atoms with Crippen LogP contribution in [0.25, 0.3) is 11.1 Å². The van der Waals surface area contributed by atoms with Crippen molar-refractivity contribution in [1.29, 1.82) is 5.26 Å². The van der Waals surface area contributed by atoms with Gasteiger partial charge < -0.3 is 5.73 Å². The zero-order valence-electron chi connectivity index (χ0n) is 15.5. The second-order valence-electron chi connectivity index (χ2n) is 7.24. The van der Waals surface area contributed by atoms with Gasteiger partial charge in [0.2, 0.25) is 0 Å². The number of fused-ring (bicyclic) bond motifs is 1. The maximum Gasteiger partial charge on any atom is 0.142 e. The predicted molar refractivity (Wildman–Crippen MR) is 108 cm³/mol. The molecule has 2 aromatic rings. The van der Waals surface area contributed by atoms with Crippen molar-refractivity contribution >= 4 is 17.4 Å². The Balaban J connectivity index is 2.14. The Hall–Kier alpha value is -2.12. The van der Waals surface area contributed by atoms with Crippen molar-refractivity contribution in [2.75, 3.05) is 5.73 Å². The highest BCUT2D eigenvalue weighted by molar-refractivity contribution is 6.30. The number of halogens is 2. The highest BCUT2D eigenvalue weighted by Crippen LogP contribution is 2.35. The molecule has 0 radical (unpaired) electrons. The Morgan fingerprint density at radius 2 is 1.63 bits per heavy atom. The first-order chi connectivity index (χ1) is 13.1. The average molecular weight is 386 g/mol. The number of nitrogens with two attached hydrogens (primary N) is 1. The van der Waals surface area contributed by atoms with E-state index in [9.17, 15) is 9.65 Å². The normalized spacial score (nSPS) is 15.9. The van der Waals surface area contributed by atoms with Crippen molar-refractivity contribution in [2.45, 2.75) is 64.2 Å². The lowest BCUT2D eigenvalue weighted by molar-refractivity contribution is 0.557. The number of nitrogens with zero attached hydrogens (tertiary/aromatic N) is 2. The minimum atomic E-state index is -0.490. The van der Waals surface area contributed by atoms with Gasteiger partial charge in [0.15, 0.2) is 0 Å². The molecule has 142 valence electrons. The third-order valence-electron chi connectivity index (χ3n) is 5.32. The van der Waals surface area contributed by atoms with Crippen LogP contribution in [0.5, 0.6) is 0 Å². The minimum absolute atomic E-state index is 0.0724. The fraction of sp³-hybridized carbons (Fsp3) is 0.455. The van der Waals surface area contributed by atoms with E-state index >= 15 is 0 Å². The van der Waals surface area contributed by atoms with E-state index in [1.165, 1.54) is 44.2 Å². The molecule has 1 aliphatic carbocycles. The number of rotatable bonds is 1. The van der Waals surface area contributed by atoms with Crippen molar-refractivity contribution < 1.29 is 4.39 Å². The van der Waals surface area contributed by atoms with Gasteiger partial charge in [0.25, 0.3) is 0 Å². The van der Waals surface area contributed by atoms with E-state index in [1.807, 2.05) is 0 Å². The lowest BCUT2D eigenvalue weighted by atomic mass is 9.89. The van der Waals surface area contributed by atoms with Crippen molar-refractivity contribution in [3.05, 3.63) is 45.9 Å². The highest BCUT2D eigenvalue weighted by atomic mass is 35.5. The minimum Gasteiger partial charge on any atom is -0.383 e. The maximum atomic E-state index is 14.1. The van der Waals surface area contributed by atoms with Gasteiger partial charge in [-0.3, -0.25) is 0 Å². The molecule has 0 saturated carbocycles. The number of hydrogen-bond acceptors (Lipinski definition) is 3. The number of hydrogen-bond donors (Lipinski definition) is 1. The summed E-state index contributed by atoms with van der Waals surface area (Å²) in [6.45, 7) is 0. The highest BCUT2D eigenvalue weighted by Gasteiger charge is 2.20. The summed E-state index contributed by atoms with van der Waals surface area (Å²) >= 11 is 5.86. The number of pyridine rings is 1. The molecule has 0 spiro atoms. The van der Waals surface area contributed by atoms with Gasteiger partial charge >= 0.3 is 0 Å². The van der Waals surface area contributed by atoms with Gasteiger partial charge in [-0.05, 0) is 48.9 Å². The summed E-state index contributed by atoms with van der Waals surface area (Å²) in [6.07, 6.45) is 11.1. The second kappa shape index (κ2) is 9.19. The SMILES string of the molecule is N#Cc1c(N)nc2c(c1-c1ccc(Cl)c(F)c1)CCCCCCCCCC2. The lowest BCUT2D eigenvalue weighted by Crippen LogP contribution is -2.09. The number of aryl methyl sites for hydroxylation is 1. The van der Waals surface area contributed by atoms with Crippen molar-refractivity contribution in [1.82, 2.24) is 4.98 Å². The van der Waals surface area contributed by atoms with Crippen LogP contribution in [0, 0.1) is 17.1 Å². The fourth-order valence-corrected chi connectivity index (χ4v) is 4.02. The van der Waals surface area contributed by atoms with Crippen molar-refractivity contribution in [3.8, 4) is 17.2 Å².